The molecule has 1 unspecified atom stereocenters. The number of hydrogen-bond donors (Lipinski definition) is 1. The summed E-state index contributed by atoms with van der Waals surface area (Å²) >= 11 is 8.06. The summed E-state index contributed by atoms with van der Waals surface area (Å²) in [4.78, 5) is 6.01. The first-order valence-electron chi connectivity index (χ1n) is 7.19. The molecule has 0 aliphatic rings. The van der Waals surface area contributed by atoms with Crippen molar-refractivity contribution in [1.82, 2.24) is 4.98 Å². The number of aryl methyl sites for hydroxylation is 2. The maximum atomic E-state index is 6.27. The van der Waals surface area contributed by atoms with Gasteiger partial charge in [-0.1, -0.05) is 38.4 Å². The van der Waals surface area contributed by atoms with Gasteiger partial charge in [-0.2, -0.15) is 0 Å². The highest BCUT2D eigenvalue weighted by molar-refractivity contribution is 7.12. The number of halogens is 1. The molecule has 2 rings (SSSR count). The number of rotatable bonds is 3. The van der Waals surface area contributed by atoms with Crippen LogP contribution in [0.15, 0.2) is 18.2 Å². The largest absolute Gasteiger partial charge is 0.376 e. The molecule has 1 aromatic carbocycles. The van der Waals surface area contributed by atoms with Crippen molar-refractivity contribution in [3.05, 3.63) is 44.4 Å². The van der Waals surface area contributed by atoms with Crippen LogP contribution < -0.4 is 5.32 Å². The Bertz CT molecular complexity index is 641. The van der Waals surface area contributed by atoms with Gasteiger partial charge in [0.25, 0.3) is 0 Å². The van der Waals surface area contributed by atoms with Crippen molar-refractivity contribution < 1.29 is 0 Å². The van der Waals surface area contributed by atoms with Gasteiger partial charge in [0, 0.05) is 10.3 Å². The summed E-state index contributed by atoms with van der Waals surface area (Å²) in [5.41, 5.74) is 3.38. The van der Waals surface area contributed by atoms with Gasteiger partial charge in [0.05, 0.1) is 27.5 Å². The fourth-order valence-electron chi connectivity index (χ4n) is 2.18. The SMILES string of the molecule is Cc1ccc(Cl)c(NC(C)c2sc(C(C)(C)C)nc2C)c1. The highest BCUT2D eigenvalue weighted by Crippen LogP contribution is 2.35. The van der Waals surface area contributed by atoms with Crippen LogP contribution in [0.1, 0.15) is 54.9 Å². The number of hydrogen-bond acceptors (Lipinski definition) is 3. The van der Waals surface area contributed by atoms with Gasteiger partial charge in [-0.05, 0) is 38.5 Å². The Morgan fingerprint density at radius 1 is 1.24 bits per heavy atom. The number of nitrogens with one attached hydrogen (secondary N) is 1. The second-order valence-electron chi connectivity index (χ2n) is 6.57. The maximum absolute atomic E-state index is 6.27. The smallest absolute Gasteiger partial charge is 0.0985 e. The first kappa shape index (κ1) is 16.3. The molecule has 0 saturated carbocycles. The molecule has 2 nitrogen and oxygen atoms in total. The quantitative estimate of drug-likeness (QED) is 0.762. The van der Waals surface area contributed by atoms with E-state index in [2.05, 4.69) is 52.9 Å². The molecule has 1 atom stereocenters. The van der Waals surface area contributed by atoms with Crippen LogP contribution in [-0.2, 0) is 5.41 Å². The summed E-state index contributed by atoms with van der Waals surface area (Å²) < 4.78 is 0. The van der Waals surface area contributed by atoms with E-state index in [-0.39, 0.29) is 11.5 Å². The van der Waals surface area contributed by atoms with Gasteiger partial charge in [0.15, 0.2) is 0 Å². The Morgan fingerprint density at radius 2 is 1.90 bits per heavy atom. The van der Waals surface area contributed by atoms with Crippen molar-refractivity contribution in [3.63, 3.8) is 0 Å². The molecular formula is C17H23ClN2S. The molecule has 0 fully saturated rings. The van der Waals surface area contributed by atoms with E-state index in [9.17, 15) is 0 Å². The van der Waals surface area contributed by atoms with Crippen molar-refractivity contribution in [1.29, 1.82) is 0 Å². The van der Waals surface area contributed by atoms with E-state index in [0.29, 0.717) is 0 Å². The second-order valence-corrected chi connectivity index (χ2v) is 8.01. The lowest BCUT2D eigenvalue weighted by atomic mass is 9.98. The predicted octanol–water partition coefficient (Wildman–Crippen LogP) is 5.88. The molecule has 1 aromatic heterocycles. The molecule has 21 heavy (non-hydrogen) atoms. The minimum absolute atomic E-state index is 0.0916. The molecule has 1 N–H and O–H groups in total. The van der Waals surface area contributed by atoms with E-state index < -0.39 is 0 Å². The average Bonchev–Trinajstić information content (AvgIpc) is 2.76. The van der Waals surface area contributed by atoms with Crippen LogP contribution in [0.3, 0.4) is 0 Å². The van der Waals surface area contributed by atoms with E-state index in [0.717, 1.165) is 16.4 Å². The maximum Gasteiger partial charge on any atom is 0.0985 e. The zero-order chi connectivity index (χ0) is 15.8. The normalized spacial score (nSPS) is 13.3. The van der Waals surface area contributed by atoms with Crippen LogP contribution in [0.25, 0.3) is 0 Å². The Balaban J connectivity index is 2.26. The van der Waals surface area contributed by atoms with Crippen molar-refractivity contribution in [2.75, 3.05) is 5.32 Å². The zero-order valence-electron chi connectivity index (χ0n) is 13.5. The lowest BCUT2D eigenvalue weighted by Crippen LogP contribution is -2.10. The molecule has 2 aromatic rings. The summed E-state index contributed by atoms with van der Waals surface area (Å²) in [5.74, 6) is 0. The molecule has 0 aliphatic carbocycles. The summed E-state index contributed by atoms with van der Waals surface area (Å²) in [6, 6.07) is 6.23. The number of aromatic nitrogens is 1. The Kier molecular flexibility index (Phi) is 4.64. The topological polar surface area (TPSA) is 24.9 Å². The highest BCUT2D eigenvalue weighted by Gasteiger charge is 2.22. The minimum atomic E-state index is 0.0916. The van der Waals surface area contributed by atoms with Crippen LogP contribution >= 0.6 is 22.9 Å². The van der Waals surface area contributed by atoms with Crippen molar-refractivity contribution in [3.8, 4) is 0 Å². The number of benzene rings is 1. The first-order valence-corrected chi connectivity index (χ1v) is 8.38. The summed E-state index contributed by atoms with van der Waals surface area (Å²) in [7, 11) is 0. The van der Waals surface area contributed by atoms with Crippen LogP contribution in [0.4, 0.5) is 5.69 Å². The molecule has 0 radical (unpaired) electrons. The number of anilines is 1. The van der Waals surface area contributed by atoms with Gasteiger partial charge in [-0.25, -0.2) is 4.98 Å². The predicted molar refractivity (Wildman–Crippen MR) is 93.8 cm³/mol. The molecular weight excluding hydrogens is 300 g/mol. The van der Waals surface area contributed by atoms with Crippen molar-refractivity contribution >= 4 is 28.6 Å². The first-order chi connectivity index (χ1) is 9.68. The van der Waals surface area contributed by atoms with Crippen LogP contribution in [0.2, 0.25) is 5.02 Å². The third-order valence-corrected chi connectivity index (χ3v) is 5.46. The highest BCUT2D eigenvalue weighted by atomic mass is 35.5. The molecule has 0 spiro atoms. The summed E-state index contributed by atoms with van der Waals surface area (Å²) in [5, 5.41) is 5.45. The fourth-order valence-corrected chi connectivity index (χ4v) is 3.48. The molecule has 1 heterocycles. The lowest BCUT2D eigenvalue weighted by Gasteiger charge is -2.16. The van der Waals surface area contributed by atoms with E-state index >= 15 is 0 Å². The lowest BCUT2D eigenvalue weighted by molar-refractivity contribution is 0.584. The molecule has 0 saturated heterocycles. The van der Waals surface area contributed by atoms with Crippen molar-refractivity contribution in [2.24, 2.45) is 0 Å². The minimum Gasteiger partial charge on any atom is -0.376 e. The molecule has 114 valence electrons. The molecule has 0 aliphatic heterocycles. The molecule has 0 amide bonds. The zero-order valence-corrected chi connectivity index (χ0v) is 15.1. The summed E-state index contributed by atoms with van der Waals surface area (Å²) in [6.45, 7) is 12.9. The fraction of sp³-hybridized carbons (Fsp3) is 0.471. The van der Waals surface area contributed by atoms with Gasteiger partial charge in [0.1, 0.15) is 0 Å². The Hall–Kier alpha value is -1.06. The van der Waals surface area contributed by atoms with E-state index in [1.807, 2.05) is 12.1 Å². The summed E-state index contributed by atoms with van der Waals surface area (Å²) in [6.07, 6.45) is 0. The van der Waals surface area contributed by atoms with Crippen LogP contribution in [0.5, 0.6) is 0 Å². The molecule has 4 heteroatoms. The standard InChI is InChI=1S/C17H23ClN2S/c1-10-7-8-13(18)14(9-10)19-11(2)15-12(3)20-16(21-15)17(4,5)6/h7-9,11,19H,1-6H3. The average molecular weight is 323 g/mol. The Morgan fingerprint density at radius 3 is 2.48 bits per heavy atom. The van der Waals surface area contributed by atoms with Crippen LogP contribution in [0, 0.1) is 13.8 Å². The van der Waals surface area contributed by atoms with E-state index in [1.54, 1.807) is 11.3 Å². The Labute approximate surface area is 136 Å². The second kappa shape index (κ2) is 5.98. The third kappa shape index (κ3) is 3.78. The van der Waals surface area contributed by atoms with Gasteiger partial charge < -0.3 is 5.32 Å². The van der Waals surface area contributed by atoms with Gasteiger partial charge in [-0.15, -0.1) is 11.3 Å². The van der Waals surface area contributed by atoms with Crippen LogP contribution in [-0.4, -0.2) is 4.98 Å². The van der Waals surface area contributed by atoms with Gasteiger partial charge >= 0.3 is 0 Å². The number of thiazole rings is 1. The third-order valence-electron chi connectivity index (χ3n) is 3.36. The van der Waals surface area contributed by atoms with E-state index in [1.165, 1.54) is 15.4 Å². The monoisotopic (exact) mass is 322 g/mol. The van der Waals surface area contributed by atoms with E-state index in [4.69, 9.17) is 16.6 Å². The van der Waals surface area contributed by atoms with Crippen molar-refractivity contribution in [2.45, 2.75) is 53.0 Å². The number of nitrogens with zero attached hydrogens (tertiary/aromatic N) is 1. The van der Waals surface area contributed by atoms with Gasteiger partial charge in [-0.3, -0.25) is 0 Å². The molecule has 0 bridgehead atoms. The van der Waals surface area contributed by atoms with Gasteiger partial charge in [0.2, 0.25) is 0 Å².